The lowest BCUT2D eigenvalue weighted by atomic mass is 10.0. The Morgan fingerprint density at radius 3 is 2.57 bits per heavy atom. The quantitative estimate of drug-likeness (QED) is 0.342. The zero-order valence-corrected chi connectivity index (χ0v) is 21.3. The van der Waals surface area contributed by atoms with Gasteiger partial charge in [0.25, 0.3) is 5.91 Å². The number of carboxylic acid groups (broad SMARTS) is 1. The Balaban J connectivity index is 1.43. The topological polar surface area (TPSA) is 84.9 Å². The number of benzene rings is 3. The van der Waals surface area contributed by atoms with E-state index in [-0.39, 0.29) is 17.5 Å². The number of ether oxygens (including phenoxy) is 2. The maximum Gasteiger partial charge on any atom is 0.335 e. The Hall–Kier alpha value is -4.12. The van der Waals surface area contributed by atoms with Gasteiger partial charge in [0.2, 0.25) is 0 Å². The molecule has 1 aromatic heterocycles. The number of hydrogen-bond acceptors (Lipinski definition) is 5. The number of methoxy groups -OCH3 is 1. The number of amides is 1. The number of carbonyl (C=O) groups is 2. The molecule has 1 aliphatic rings. The lowest BCUT2D eigenvalue weighted by Crippen LogP contribution is -2.28. The predicted molar refractivity (Wildman–Crippen MR) is 143 cm³/mol. The summed E-state index contributed by atoms with van der Waals surface area (Å²) in [4.78, 5) is 26.4. The van der Waals surface area contributed by atoms with Crippen LogP contribution in [0.5, 0.6) is 5.75 Å². The molecule has 2 N–H and O–H groups in total. The number of rotatable bonds is 5. The van der Waals surface area contributed by atoms with Gasteiger partial charge < -0.3 is 19.9 Å². The van der Waals surface area contributed by atoms with Gasteiger partial charge in [0.15, 0.2) is 0 Å². The number of fused-ring (bicyclic) bond motifs is 2. The van der Waals surface area contributed by atoms with Gasteiger partial charge in [0.05, 0.1) is 42.4 Å². The van der Waals surface area contributed by atoms with Crippen molar-refractivity contribution in [1.82, 2.24) is 5.32 Å². The van der Waals surface area contributed by atoms with E-state index in [1.165, 1.54) is 11.3 Å². The number of thiophene rings is 1. The maximum atomic E-state index is 13.5. The Labute approximate surface area is 218 Å². The Bertz CT molecular complexity index is 1560. The molecule has 6 nitrogen and oxygen atoms in total. The van der Waals surface area contributed by atoms with Crippen molar-refractivity contribution in [2.75, 3.05) is 13.7 Å². The lowest BCUT2D eigenvalue weighted by molar-refractivity contribution is 0.0696. The summed E-state index contributed by atoms with van der Waals surface area (Å²) in [6.07, 6.45) is 0.662. The fraction of sp³-hybridized carbons (Fsp3) is 0.200. The fourth-order valence-electron chi connectivity index (χ4n) is 4.38. The first-order valence-electron chi connectivity index (χ1n) is 11.9. The third kappa shape index (κ3) is 5.21. The second kappa shape index (κ2) is 10.5. The number of carbonyl (C=O) groups excluding carboxylic acids is 1. The molecular formula is C30H25NO5S. The minimum Gasteiger partial charge on any atom is -0.497 e. The van der Waals surface area contributed by atoms with Crippen molar-refractivity contribution >= 4 is 34.0 Å². The molecule has 37 heavy (non-hydrogen) atoms. The zero-order chi connectivity index (χ0) is 25.9. The van der Waals surface area contributed by atoms with Crippen LogP contribution in [0.1, 0.15) is 60.1 Å². The van der Waals surface area contributed by atoms with E-state index in [9.17, 15) is 9.59 Å². The van der Waals surface area contributed by atoms with Crippen LogP contribution in [-0.4, -0.2) is 30.7 Å². The summed E-state index contributed by atoms with van der Waals surface area (Å²) in [5, 5.41) is 14.3. The largest absolute Gasteiger partial charge is 0.497 e. The molecule has 0 aliphatic carbocycles. The van der Waals surface area contributed by atoms with Gasteiger partial charge in [-0.2, -0.15) is 0 Å². The van der Waals surface area contributed by atoms with Crippen LogP contribution < -0.4 is 10.1 Å². The molecule has 1 amide bonds. The molecule has 0 bridgehead atoms. The van der Waals surface area contributed by atoms with Gasteiger partial charge in [0.1, 0.15) is 5.75 Å². The first kappa shape index (κ1) is 24.6. The zero-order valence-electron chi connectivity index (χ0n) is 20.5. The van der Waals surface area contributed by atoms with Crippen LogP contribution in [0.25, 0.3) is 10.8 Å². The van der Waals surface area contributed by atoms with E-state index in [1.54, 1.807) is 31.4 Å². The van der Waals surface area contributed by atoms with E-state index in [1.807, 2.05) is 43.3 Å². The van der Waals surface area contributed by atoms with E-state index in [2.05, 4.69) is 17.2 Å². The van der Waals surface area contributed by atoms with Crippen molar-refractivity contribution in [2.24, 2.45) is 0 Å². The molecule has 0 fully saturated rings. The van der Waals surface area contributed by atoms with Gasteiger partial charge in [-0.3, -0.25) is 4.79 Å². The van der Waals surface area contributed by atoms with E-state index < -0.39 is 5.97 Å². The second-order valence-electron chi connectivity index (χ2n) is 8.81. The van der Waals surface area contributed by atoms with Gasteiger partial charge in [-0.1, -0.05) is 30.2 Å². The molecule has 0 spiro atoms. The van der Waals surface area contributed by atoms with E-state index in [0.29, 0.717) is 25.2 Å². The molecule has 0 radical (unpaired) electrons. The Morgan fingerprint density at radius 1 is 1.05 bits per heavy atom. The van der Waals surface area contributed by atoms with Crippen LogP contribution in [0.3, 0.4) is 0 Å². The van der Waals surface area contributed by atoms with Crippen LogP contribution in [0.2, 0.25) is 0 Å². The SMILES string of the molecule is COc1ccc2cc(C#Cc3sc4c(c3C(=O)N[C@@H](C)c3ccc(C(=O)O)cc3)CCOC4)ccc2c1. The molecule has 186 valence electrons. The molecule has 1 atom stereocenters. The first-order valence-corrected chi connectivity index (χ1v) is 12.7. The summed E-state index contributed by atoms with van der Waals surface area (Å²) in [7, 11) is 1.65. The first-order chi connectivity index (χ1) is 17.9. The molecule has 4 aromatic rings. The summed E-state index contributed by atoms with van der Waals surface area (Å²) < 4.78 is 10.9. The molecule has 1 aliphatic heterocycles. The van der Waals surface area contributed by atoms with Crippen molar-refractivity contribution in [1.29, 1.82) is 0 Å². The average molecular weight is 512 g/mol. The van der Waals surface area contributed by atoms with Crippen molar-refractivity contribution in [2.45, 2.75) is 26.0 Å². The van der Waals surface area contributed by atoms with Gasteiger partial charge in [-0.25, -0.2) is 4.79 Å². The molecular weight excluding hydrogens is 486 g/mol. The minimum absolute atomic E-state index is 0.191. The number of carboxylic acids is 1. The Kier molecular flexibility index (Phi) is 6.95. The summed E-state index contributed by atoms with van der Waals surface area (Å²) in [5.74, 6) is 6.12. The summed E-state index contributed by atoms with van der Waals surface area (Å²) in [5.41, 5.74) is 3.50. The minimum atomic E-state index is -0.982. The number of nitrogens with one attached hydrogen (secondary N) is 1. The standard InChI is InChI=1S/C30H25NO5S/c1-18(20-6-8-21(9-7-20)30(33)34)31-29(32)28-25-13-14-36-17-27(25)37-26(28)12-4-19-3-5-23-16-24(35-2)11-10-22(23)15-19/h3,5-11,15-16,18H,13-14,17H2,1-2H3,(H,31,32)(H,33,34)/t18-/m0/s1. The summed E-state index contributed by atoms with van der Waals surface area (Å²) in [6.45, 7) is 2.92. The molecule has 5 rings (SSSR count). The van der Waals surface area contributed by atoms with Gasteiger partial charge in [-0.15, -0.1) is 11.3 Å². The van der Waals surface area contributed by atoms with Crippen molar-refractivity contribution in [3.8, 4) is 17.6 Å². The highest BCUT2D eigenvalue weighted by molar-refractivity contribution is 7.13. The highest BCUT2D eigenvalue weighted by atomic mass is 32.1. The van der Waals surface area contributed by atoms with Crippen LogP contribution in [-0.2, 0) is 17.8 Å². The molecule has 7 heteroatoms. The maximum absolute atomic E-state index is 13.5. The third-order valence-electron chi connectivity index (χ3n) is 6.42. The van der Waals surface area contributed by atoms with Crippen molar-refractivity contribution < 1.29 is 24.2 Å². The van der Waals surface area contributed by atoms with Crippen LogP contribution >= 0.6 is 11.3 Å². The molecule has 2 heterocycles. The van der Waals surface area contributed by atoms with E-state index in [0.717, 1.165) is 43.0 Å². The fourth-order valence-corrected chi connectivity index (χ4v) is 5.52. The average Bonchev–Trinajstić information content (AvgIpc) is 3.30. The van der Waals surface area contributed by atoms with Crippen LogP contribution in [0.15, 0.2) is 60.7 Å². The van der Waals surface area contributed by atoms with Gasteiger partial charge in [-0.05, 0) is 77.6 Å². The lowest BCUT2D eigenvalue weighted by Gasteiger charge is -2.17. The monoisotopic (exact) mass is 511 g/mol. The highest BCUT2D eigenvalue weighted by Gasteiger charge is 2.26. The van der Waals surface area contributed by atoms with E-state index >= 15 is 0 Å². The van der Waals surface area contributed by atoms with Crippen molar-refractivity contribution in [3.63, 3.8) is 0 Å². The number of hydrogen-bond donors (Lipinski definition) is 2. The second-order valence-corrected chi connectivity index (χ2v) is 9.92. The van der Waals surface area contributed by atoms with Gasteiger partial charge in [0, 0.05) is 10.4 Å². The third-order valence-corrected chi connectivity index (χ3v) is 7.54. The summed E-state index contributed by atoms with van der Waals surface area (Å²) in [6, 6.07) is 18.1. The van der Waals surface area contributed by atoms with Gasteiger partial charge >= 0.3 is 5.97 Å². The molecule has 3 aromatic carbocycles. The van der Waals surface area contributed by atoms with E-state index in [4.69, 9.17) is 14.6 Å². The smallest absolute Gasteiger partial charge is 0.335 e. The van der Waals surface area contributed by atoms with Crippen LogP contribution in [0.4, 0.5) is 0 Å². The highest BCUT2D eigenvalue weighted by Crippen LogP contribution is 2.33. The number of aromatic carboxylic acids is 1. The molecule has 0 saturated heterocycles. The predicted octanol–water partition coefficient (Wildman–Crippen LogP) is 5.57. The normalized spacial score (nSPS) is 13.2. The molecule has 0 saturated carbocycles. The Morgan fingerprint density at radius 2 is 1.81 bits per heavy atom. The van der Waals surface area contributed by atoms with Crippen LogP contribution in [0, 0.1) is 11.8 Å². The molecule has 0 unspecified atom stereocenters. The van der Waals surface area contributed by atoms with Crippen molar-refractivity contribution in [3.05, 3.63) is 98.2 Å². The summed E-state index contributed by atoms with van der Waals surface area (Å²) >= 11 is 1.50.